The predicted octanol–water partition coefficient (Wildman–Crippen LogP) is 2.25. The van der Waals surface area contributed by atoms with Gasteiger partial charge in [0.15, 0.2) is 0 Å². The van der Waals surface area contributed by atoms with E-state index in [1.54, 1.807) is 24.3 Å². The van der Waals surface area contributed by atoms with Crippen LogP contribution in [0.2, 0.25) is 0 Å². The Morgan fingerprint density at radius 1 is 0.973 bits per heavy atom. The molecule has 3 aromatic carbocycles. The van der Waals surface area contributed by atoms with Crippen molar-refractivity contribution in [1.29, 1.82) is 0 Å². The first-order chi connectivity index (χ1) is 17.8. The van der Waals surface area contributed by atoms with Gasteiger partial charge >= 0.3 is 0 Å². The molecule has 1 atom stereocenters. The van der Waals surface area contributed by atoms with E-state index < -0.39 is 16.1 Å². The number of rotatable bonds is 15. The second-order valence-corrected chi connectivity index (χ2v) is 10.3. The van der Waals surface area contributed by atoms with Gasteiger partial charge in [-0.3, -0.25) is 0 Å². The van der Waals surface area contributed by atoms with Crippen LogP contribution in [-0.2, 0) is 34.4 Å². The summed E-state index contributed by atoms with van der Waals surface area (Å²) in [6.45, 7) is 1.75. The van der Waals surface area contributed by atoms with Gasteiger partial charge in [-0.25, -0.2) is 13.1 Å². The lowest BCUT2D eigenvalue weighted by Gasteiger charge is -2.14. The fourth-order valence-corrected chi connectivity index (χ4v) is 4.41. The Morgan fingerprint density at radius 2 is 1.76 bits per heavy atom. The first-order valence-corrected chi connectivity index (χ1v) is 13.4. The molecule has 0 saturated heterocycles. The molecule has 200 valence electrons. The summed E-state index contributed by atoms with van der Waals surface area (Å²) in [5.41, 5.74) is 2.90. The van der Waals surface area contributed by atoms with Crippen LogP contribution in [0.25, 0.3) is 0 Å². The van der Waals surface area contributed by atoms with Crippen molar-refractivity contribution in [2.45, 2.75) is 30.6 Å². The fraction of sp³-hybridized carbons (Fsp3) is 0.333. The average Bonchev–Trinajstić information content (AvgIpc) is 2.92. The zero-order valence-electron chi connectivity index (χ0n) is 20.8. The van der Waals surface area contributed by atoms with E-state index in [-0.39, 0.29) is 23.9 Å². The molecule has 0 unspecified atom stereocenters. The van der Waals surface area contributed by atoms with Gasteiger partial charge in [0.1, 0.15) is 18.1 Å². The zero-order chi connectivity index (χ0) is 26.7. The SMILES string of the molecule is CNS(=O)(=O)c1cccc(COCCOc2ccc(CCNC[C@@H](O)c3ccc(O)c(CO)c3)cc2)c1. The molecule has 3 aromatic rings. The number of hydrogen-bond acceptors (Lipinski definition) is 8. The lowest BCUT2D eigenvalue weighted by Crippen LogP contribution is -2.23. The number of aromatic hydroxyl groups is 1. The van der Waals surface area contributed by atoms with E-state index in [0.29, 0.717) is 37.4 Å². The van der Waals surface area contributed by atoms with Crippen LogP contribution in [0.3, 0.4) is 0 Å². The lowest BCUT2D eigenvalue weighted by molar-refractivity contribution is 0.0888. The summed E-state index contributed by atoms with van der Waals surface area (Å²) in [6.07, 6.45) is 0.0323. The Kier molecular flexibility index (Phi) is 10.9. The lowest BCUT2D eigenvalue weighted by atomic mass is 10.1. The average molecular weight is 531 g/mol. The molecule has 0 spiro atoms. The molecule has 3 rings (SSSR count). The topological polar surface area (TPSA) is 137 Å². The summed E-state index contributed by atoms with van der Waals surface area (Å²) in [4.78, 5) is 0.202. The molecule has 0 aliphatic rings. The minimum Gasteiger partial charge on any atom is -0.508 e. The van der Waals surface area contributed by atoms with E-state index in [1.807, 2.05) is 30.3 Å². The summed E-state index contributed by atoms with van der Waals surface area (Å²) in [6, 6.07) is 19.1. The Labute approximate surface area is 217 Å². The van der Waals surface area contributed by atoms with Gasteiger partial charge in [0.05, 0.1) is 30.8 Å². The molecule has 0 aliphatic heterocycles. The minimum atomic E-state index is -3.48. The van der Waals surface area contributed by atoms with Crippen molar-refractivity contribution < 1.29 is 33.2 Å². The van der Waals surface area contributed by atoms with Crippen LogP contribution >= 0.6 is 0 Å². The predicted molar refractivity (Wildman–Crippen MR) is 140 cm³/mol. The van der Waals surface area contributed by atoms with Crippen molar-refractivity contribution in [3.63, 3.8) is 0 Å². The smallest absolute Gasteiger partial charge is 0.240 e. The maximum Gasteiger partial charge on any atom is 0.240 e. The highest BCUT2D eigenvalue weighted by Crippen LogP contribution is 2.22. The molecule has 0 aromatic heterocycles. The van der Waals surface area contributed by atoms with Crippen molar-refractivity contribution in [3.8, 4) is 11.5 Å². The Morgan fingerprint density at radius 3 is 2.49 bits per heavy atom. The van der Waals surface area contributed by atoms with Gasteiger partial charge in [0.25, 0.3) is 0 Å². The highest BCUT2D eigenvalue weighted by Gasteiger charge is 2.12. The third-order valence-electron chi connectivity index (χ3n) is 5.75. The van der Waals surface area contributed by atoms with Crippen molar-refractivity contribution in [3.05, 3.63) is 89.0 Å². The number of sulfonamides is 1. The standard InChI is InChI=1S/C27H34N2O7S/c1-28-37(33,34)25-4-2-3-21(15-25)19-35-13-14-36-24-8-5-20(6-9-24)11-12-29-17-27(32)22-7-10-26(31)23(16-22)18-30/h2-10,15-16,27-32H,11-14,17-19H2,1H3/t27-/m1/s1. The number of aliphatic hydroxyl groups is 2. The molecule has 0 fully saturated rings. The van der Waals surface area contributed by atoms with Gasteiger partial charge in [-0.15, -0.1) is 0 Å². The summed E-state index contributed by atoms with van der Waals surface area (Å²) < 4.78 is 37.4. The molecule has 5 N–H and O–H groups in total. The summed E-state index contributed by atoms with van der Waals surface area (Å²) in [7, 11) is -2.11. The van der Waals surface area contributed by atoms with Crippen molar-refractivity contribution in [2.75, 3.05) is 33.4 Å². The van der Waals surface area contributed by atoms with Gasteiger partial charge < -0.3 is 30.1 Å². The monoisotopic (exact) mass is 530 g/mol. The highest BCUT2D eigenvalue weighted by molar-refractivity contribution is 7.89. The van der Waals surface area contributed by atoms with Gasteiger partial charge in [-0.2, -0.15) is 0 Å². The second-order valence-electron chi connectivity index (χ2n) is 8.42. The normalized spacial score (nSPS) is 12.4. The molecule has 0 saturated carbocycles. The van der Waals surface area contributed by atoms with E-state index in [0.717, 1.165) is 23.3 Å². The number of nitrogens with one attached hydrogen (secondary N) is 2. The molecule has 0 aliphatic carbocycles. The first kappa shape index (κ1) is 28.6. The number of benzene rings is 3. The Bertz CT molecular complexity index is 1230. The van der Waals surface area contributed by atoms with Crippen LogP contribution in [0, 0.1) is 0 Å². The maximum atomic E-state index is 11.9. The number of phenols is 1. The summed E-state index contributed by atoms with van der Waals surface area (Å²) >= 11 is 0. The van der Waals surface area contributed by atoms with Crippen molar-refractivity contribution in [1.82, 2.24) is 10.0 Å². The van der Waals surface area contributed by atoms with Crippen LogP contribution in [0.5, 0.6) is 11.5 Å². The van der Waals surface area contributed by atoms with E-state index >= 15 is 0 Å². The summed E-state index contributed by atoms with van der Waals surface area (Å²) in [5.74, 6) is 0.738. The third kappa shape index (κ3) is 8.81. The third-order valence-corrected chi connectivity index (χ3v) is 7.16. The Balaban J connectivity index is 1.33. The number of ether oxygens (including phenoxy) is 2. The molecule has 9 nitrogen and oxygen atoms in total. The van der Waals surface area contributed by atoms with E-state index in [1.165, 1.54) is 19.2 Å². The van der Waals surface area contributed by atoms with E-state index in [4.69, 9.17) is 9.47 Å². The van der Waals surface area contributed by atoms with E-state index in [9.17, 15) is 23.7 Å². The van der Waals surface area contributed by atoms with E-state index in [2.05, 4.69) is 10.0 Å². The van der Waals surface area contributed by atoms with Crippen molar-refractivity contribution >= 4 is 10.0 Å². The van der Waals surface area contributed by atoms with Crippen LogP contribution in [0.1, 0.15) is 28.4 Å². The number of aliphatic hydroxyl groups excluding tert-OH is 2. The van der Waals surface area contributed by atoms with Crippen LogP contribution in [0.15, 0.2) is 71.6 Å². The Hall–Kier alpha value is -2.99. The molecule has 0 radical (unpaired) electrons. The van der Waals surface area contributed by atoms with Gasteiger partial charge in [0.2, 0.25) is 10.0 Å². The van der Waals surface area contributed by atoms with Crippen LogP contribution < -0.4 is 14.8 Å². The van der Waals surface area contributed by atoms with Gasteiger partial charge in [0, 0.05) is 12.1 Å². The van der Waals surface area contributed by atoms with Crippen molar-refractivity contribution in [2.24, 2.45) is 0 Å². The summed E-state index contributed by atoms with van der Waals surface area (Å²) in [5, 5.41) is 32.4. The molecule has 37 heavy (non-hydrogen) atoms. The molecule has 0 amide bonds. The molecule has 10 heteroatoms. The van der Waals surface area contributed by atoms with Gasteiger partial charge in [-0.1, -0.05) is 30.3 Å². The molecule has 0 bridgehead atoms. The molecular formula is C27H34N2O7S. The highest BCUT2D eigenvalue weighted by atomic mass is 32.2. The number of hydrogen-bond donors (Lipinski definition) is 5. The molecule has 0 heterocycles. The largest absolute Gasteiger partial charge is 0.508 e. The quantitative estimate of drug-likeness (QED) is 0.189. The molecular weight excluding hydrogens is 496 g/mol. The minimum absolute atomic E-state index is 0.0110. The van der Waals surface area contributed by atoms with Crippen LogP contribution in [-0.4, -0.2) is 57.1 Å². The first-order valence-electron chi connectivity index (χ1n) is 12.0. The zero-order valence-corrected chi connectivity index (χ0v) is 21.6. The maximum absolute atomic E-state index is 11.9. The van der Waals surface area contributed by atoms with Gasteiger partial charge in [-0.05, 0) is 73.1 Å². The second kappa shape index (κ2) is 14.1. The fourth-order valence-electron chi connectivity index (χ4n) is 3.61. The van der Waals surface area contributed by atoms with Crippen LogP contribution in [0.4, 0.5) is 0 Å².